The molecule has 6 heteroatoms. The Bertz CT molecular complexity index is 786. The molecule has 0 unspecified atom stereocenters. The van der Waals surface area contributed by atoms with Gasteiger partial charge in [0, 0.05) is 34.9 Å². The molecule has 0 spiro atoms. The van der Waals surface area contributed by atoms with Gasteiger partial charge in [-0.05, 0) is 38.1 Å². The number of piperidine rings is 1. The van der Waals surface area contributed by atoms with Crippen molar-refractivity contribution in [2.24, 2.45) is 5.92 Å². The number of amides is 1. The predicted molar refractivity (Wildman–Crippen MR) is 92.7 cm³/mol. The molecule has 0 radical (unpaired) electrons. The van der Waals surface area contributed by atoms with Crippen LogP contribution in [0.4, 0.5) is 5.69 Å². The van der Waals surface area contributed by atoms with E-state index < -0.39 is 0 Å². The molecule has 1 aliphatic heterocycles. The molecule has 3 heterocycles. The molecule has 0 bridgehead atoms. The SMILES string of the molecule is O=C(Nc1ccc(-c2cn3ccsc3n2)cc1)C1CCNCC1. The minimum Gasteiger partial charge on any atom is -0.326 e. The number of aromatic nitrogens is 2. The van der Waals surface area contributed by atoms with E-state index in [1.54, 1.807) is 11.3 Å². The van der Waals surface area contributed by atoms with E-state index >= 15 is 0 Å². The fourth-order valence-corrected chi connectivity index (χ4v) is 3.62. The number of carbonyl (C=O) groups excluding carboxylic acids is 1. The number of anilines is 1. The van der Waals surface area contributed by atoms with Crippen molar-refractivity contribution >= 4 is 27.9 Å². The first kappa shape index (κ1) is 14.4. The normalized spacial score (nSPS) is 15.8. The molecule has 1 aliphatic rings. The van der Waals surface area contributed by atoms with E-state index in [2.05, 4.69) is 15.6 Å². The zero-order valence-electron chi connectivity index (χ0n) is 12.7. The van der Waals surface area contributed by atoms with Crippen LogP contribution >= 0.6 is 11.3 Å². The molecule has 1 fully saturated rings. The van der Waals surface area contributed by atoms with Gasteiger partial charge >= 0.3 is 0 Å². The summed E-state index contributed by atoms with van der Waals surface area (Å²) in [6.07, 6.45) is 5.85. The molecule has 118 valence electrons. The number of benzene rings is 1. The first-order valence-electron chi connectivity index (χ1n) is 7.84. The number of imidazole rings is 1. The Labute approximate surface area is 138 Å². The topological polar surface area (TPSA) is 58.4 Å². The molecule has 1 aromatic carbocycles. The second-order valence-electron chi connectivity index (χ2n) is 5.81. The zero-order chi connectivity index (χ0) is 15.6. The van der Waals surface area contributed by atoms with Gasteiger partial charge in [0.1, 0.15) is 0 Å². The largest absolute Gasteiger partial charge is 0.326 e. The first-order chi connectivity index (χ1) is 11.3. The Morgan fingerprint density at radius 1 is 1.26 bits per heavy atom. The smallest absolute Gasteiger partial charge is 0.227 e. The molecule has 1 amide bonds. The molecular formula is C17H18N4OS. The molecule has 0 aliphatic carbocycles. The summed E-state index contributed by atoms with van der Waals surface area (Å²) in [5, 5.41) is 8.32. The van der Waals surface area contributed by atoms with Crippen LogP contribution in [-0.2, 0) is 4.79 Å². The molecule has 4 rings (SSSR count). The quantitative estimate of drug-likeness (QED) is 0.778. The van der Waals surface area contributed by atoms with E-state index in [9.17, 15) is 4.79 Å². The van der Waals surface area contributed by atoms with E-state index in [1.807, 2.05) is 46.4 Å². The van der Waals surface area contributed by atoms with Gasteiger partial charge in [-0.2, -0.15) is 0 Å². The van der Waals surface area contributed by atoms with Crippen molar-refractivity contribution in [1.82, 2.24) is 14.7 Å². The van der Waals surface area contributed by atoms with Crippen LogP contribution in [0.15, 0.2) is 42.0 Å². The van der Waals surface area contributed by atoms with Crippen LogP contribution < -0.4 is 10.6 Å². The van der Waals surface area contributed by atoms with Gasteiger partial charge < -0.3 is 10.6 Å². The highest BCUT2D eigenvalue weighted by atomic mass is 32.1. The lowest BCUT2D eigenvalue weighted by Crippen LogP contribution is -2.34. The monoisotopic (exact) mass is 326 g/mol. The van der Waals surface area contributed by atoms with E-state index in [4.69, 9.17) is 0 Å². The summed E-state index contributed by atoms with van der Waals surface area (Å²) in [6, 6.07) is 7.90. The maximum atomic E-state index is 12.3. The number of fused-ring (bicyclic) bond motifs is 1. The van der Waals surface area contributed by atoms with Gasteiger partial charge in [-0.15, -0.1) is 11.3 Å². The lowest BCUT2D eigenvalue weighted by Gasteiger charge is -2.21. The number of carbonyl (C=O) groups is 1. The third-order valence-electron chi connectivity index (χ3n) is 4.25. The van der Waals surface area contributed by atoms with Crippen molar-refractivity contribution in [3.05, 3.63) is 42.0 Å². The molecule has 0 saturated carbocycles. The number of nitrogens with zero attached hydrogens (tertiary/aromatic N) is 2. The van der Waals surface area contributed by atoms with Gasteiger partial charge in [0.2, 0.25) is 5.91 Å². The Kier molecular flexibility index (Phi) is 3.85. The minimum absolute atomic E-state index is 0.121. The Hall–Kier alpha value is -2.18. The summed E-state index contributed by atoms with van der Waals surface area (Å²) >= 11 is 1.62. The second-order valence-corrected chi connectivity index (χ2v) is 6.68. The molecule has 2 aromatic heterocycles. The molecule has 2 N–H and O–H groups in total. The lowest BCUT2D eigenvalue weighted by molar-refractivity contribution is -0.120. The average Bonchev–Trinajstić information content (AvgIpc) is 3.18. The van der Waals surface area contributed by atoms with Crippen molar-refractivity contribution in [2.45, 2.75) is 12.8 Å². The highest BCUT2D eigenvalue weighted by Gasteiger charge is 2.20. The second kappa shape index (κ2) is 6.14. The third kappa shape index (κ3) is 3.00. The van der Waals surface area contributed by atoms with Gasteiger partial charge in [-0.3, -0.25) is 9.20 Å². The van der Waals surface area contributed by atoms with Gasteiger partial charge in [-0.1, -0.05) is 12.1 Å². The Morgan fingerprint density at radius 2 is 2.04 bits per heavy atom. The van der Waals surface area contributed by atoms with Crippen molar-refractivity contribution < 1.29 is 4.79 Å². The molecule has 5 nitrogen and oxygen atoms in total. The van der Waals surface area contributed by atoms with Crippen molar-refractivity contribution in [3.63, 3.8) is 0 Å². The van der Waals surface area contributed by atoms with Crippen LogP contribution in [0.1, 0.15) is 12.8 Å². The summed E-state index contributed by atoms with van der Waals surface area (Å²) in [4.78, 5) is 17.8. The number of hydrogen-bond donors (Lipinski definition) is 2. The fraction of sp³-hybridized carbons (Fsp3) is 0.294. The lowest BCUT2D eigenvalue weighted by atomic mass is 9.97. The van der Waals surface area contributed by atoms with Gasteiger partial charge in [0.15, 0.2) is 4.96 Å². The first-order valence-corrected chi connectivity index (χ1v) is 8.72. The average molecular weight is 326 g/mol. The van der Waals surface area contributed by atoms with E-state index in [0.29, 0.717) is 0 Å². The van der Waals surface area contributed by atoms with Crippen LogP contribution in [0.5, 0.6) is 0 Å². The number of rotatable bonds is 3. The summed E-state index contributed by atoms with van der Waals surface area (Å²) in [7, 11) is 0. The van der Waals surface area contributed by atoms with Crippen molar-refractivity contribution in [3.8, 4) is 11.3 Å². The van der Waals surface area contributed by atoms with Crippen LogP contribution in [0.3, 0.4) is 0 Å². The standard InChI is InChI=1S/C17H18N4OS/c22-16(13-5-7-18-8-6-13)19-14-3-1-12(2-4-14)15-11-21-9-10-23-17(21)20-15/h1-4,9-11,13,18H,5-8H2,(H,19,22). The molecule has 23 heavy (non-hydrogen) atoms. The number of nitrogens with one attached hydrogen (secondary N) is 2. The Morgan fingerprint density at radius 3 is 2.78 bits per heavy atom. The van der Waals surface area contributed by atoms with E-state index in [0.717, 1.165) is 47.8 Å². The fourth-order valence-electron chi connectivity index (χ4n) is 2.92. The minimum atomic E-state index is 0.121. The van der Waals surface area contributed by atoms with Gasteiger partial charge in [0.05, 0.1) is 5.69 Å². The van der Waals surface area contributed by atoms with E-state index in [-0.39, 0.29) is 11.8 Å². The molecule has 1 saturated heterocycles. The number of thiazole rings is 1. The summed E-state index contributed by atoms with van der Waals surface area (Å²) < 4.78 is 2.02. The van der Waals surface area contributed by atoms with Crippen molar-refractivity contribution in [1.29, 1.82) is 0 Å². The highest BCUT2D eigenvalue weighted by molar-refractivity contribution is 7.15. The van der Waals surface area contributed by atoms with Gasteiger partial charge in [-0.25, -0.2) is 4.98 Å². The van der Waals surface area contributed by atoms with Crippen LogP contribution in [0.2, 0.25) is 0 Å². The summed E-state index contributed by atoms with van der Waals surface area (Å²) in [5.74, 6) is 0.248. The molecule has 3 aromatic rings. The molecule has 0 atom stereocenters. The Balaban J connectivity index is 1.47. The van der Waals surface area contributed by atoms with Crippen LogP contribution in [-0.4, -0.2) is 28.4 Å². The van der Waals surface area contributed by atoms with Crippen LogP contribution in [0.25, 0.3) is 16.2 Å². The summed E-state index contributed by atoms with van der Waals surface area (Å²) in [5.41, 5.74) is 2.85. The maximum absolute atomic E-state index is 12.3. The highest BCUT2D eigenvalue weighted by Crippen LogP contribution is 2.23. The maximum Gasteiger partial charge on any atom is 0.227 e. The summed E-state index contributed by atoms with van der Waals surface area (Å²) in [6.45, 7) is 1.85. The van der Waals surface area contributed by atoms with Crippen LogP contribution in [0, 0.1) is 5.92 Å². The molecular weight excluding hydrogens is 308 g/mol. The number of hydrogen-bond acceptors (Lipinski definition) is 4. The zero-order valence-corrected chi connectivity index (χ0v) is 13.5. The third-order valence-corrected chi connectivity index (χ3v) is 5.02. The van der Waals surface area contributed by atoms with Gasteiger partial charge in [0.25, 0.3) is 0 Å². The predicted octanol–water partition coefficient (Wildman–Crippen LogP) is 3.00. The van der Waals surface area contributed by atoms with Crippen molar-refractivity contribution in [2.75, 3.05) is 18.4 Å². The van der Waals surface area contributed by atoms with E-state index in [1.165, 1.54) is 0 Å².